The van der Waals surface area contributed by atoms with E-state index in [2.05, 4.69) is 61.2 Å². The Labute approximate surface area is 115 Å². The Morgan fingerprint density at radius 3 is 2.63 bits per heavy atom. The van der Waals surface area contributed by atoms with Crippen molar-refractivity contribution in [2.75, 3.05) is 11.9 Å². The number of hydrogen-bond donors (Lipinski definition) is 1. The topological polar surface area (TPSA) is 37.8 Å². The van der Waals surface area contributed by atoms with Crippen LogP contribution in [0.2, 0.25) is 0 Å². The van der Waals surface area contributed by atoms with Crippen molar-refractivity contribution in [3.63, 3.8) is 0 Å². The molecule has 3 heteroatoms. The van der Waals surface area contributed by atoms with Crippen molar-refractivity contribution in [1.82, 2.24) is 9.97 Å². The maximum Gasteiger partial charge on any atom is 0.223 e. The summed E-state index contributed by atoms with van der Waals surface area (Å²) in [6.45, 7) is 9.36. The lowest BCUT2D eigenvalue weighted by Crippen LogP contribution is -2.06. The molecule has 0 bridgehead atoms. The van der Waals surface area contributed by atoms with E-state index >= 15 is 0 Å². The molecule has 0 fully saturated rings. The fourth-order valence-electron chi connectivity index (χ4n) is 2.04. The smallest absolute Gasteiger partial charge is 0.223 e. The Bertz CT molecular complexity index is 576. The number of rotatable bonds is 4. The molecule has 0 aliphatic heterocycles. The van der Waals surface area contributed by atoms with Crippen LogP contribution in [0.1, 0.15) is 30.0 Å². The molecule has 0 saturated heterocycles. The van der Waals surface area contributed by atoms with Gasteiger partial charge in [0.1, 0.15) is 0 Å². The average Bonchev–Trinajstić information content (AvgIpc) is 2.41. The molecule has 1 N–H and O–H groups in total. The molecule has 3 nitrogen and oxygen atoms in total. The van der Waals surface area contributed by atoms with Crippen LogP contribution in [-0.2, 0) is 0 Å². The molecule has 0 spiro atoms. The lowest BCUT2D eigenvalue weighted by molar-refractivity contribution is 0.950. The van der Waals surface area contributed by atoms with Gasteiger partial charge in [-0.1, -0.05) is 25.1 Å². The summed E-state index contributed by atoms with van der Waals surface area (Å²) < 4.78 is 0. The molecule has 0 aliphatic rings. The van der Waals surface area contributed by atoms with Crippen LogP contribution in [0, 0.1) is 20.8 Å². The summed E-state index contributed by atoms with van der Waals surface area (Å²) in [6, 6.07) is 6.34. The van der Waals surface area contributed by atoms with Crippen molar-refractivity contribution in [2.24, 2.45) is 0 Å². The van der Waals surface area contributed by atoms with E-state index < -0.39 is 0 Å². The zero-order valence-electron chi connectivity index (χ0n) is 12.1. The zero-order chi connectivity index (χ0) is 13.8. The van der Waals surface area contributed by atoms with Crippen LogP contribution in [-0.4, -0.2) is 16.5 Å². The summed E-state index contributed by atoms with van der Waals surface area (Å²) in [5.74, 6) is 0.711. The first-order chi connectivity index (χ1) is 9.13. The van der Waals surface area contributed by atoms with Crippen LogP contribution >= 0.6 is 0 Å². The summed E-state index contributed by atoms with van der Waals surface area (Å²) in [4.78, 5) is 8.99. The highest BCUT2D eigenvalue weighted by Gasteiger charge is 2.09. The van der Waals surface area contributed by atoms with Gasteiger partial charge in [0.15, 0.2) is 0 Å². The predicted molar refractivity (Wildman–Crippen MR) is 80.5 cm³/mol. The van der Waals surface area contributed by atoms with Crippen LogP contribution < -0.4 is 5.32 Å². The highest BCUT2D eigenvalue weighted by Crippen LogP contribution is 2.26. The third-order valence-corrected chi connectivity index (χ3v) is 3.36. The molecular formula is C16H21N3. The minimum absolute atomic E-state index is 0.711. The van der Waals surface area contributed by atoms with Gasteiger partial charge in [-0.15, -0.1) is 0 Å². The standard InChI is InChI=1S/C16H21N3/c1-5-9-17-16-18-10-12(3)15(19-16)14-8-6-7-11(2)13(14)4/h6-8,10H,5,9H2,1-4H3,(H,17,18,19). The maximum absolute atomic E-state index is 4.66. The van der Waals surface area contributed by atoms with Crippen LogP contribution in [0.5, 0.6) is 0 Å². The molecule has 0 atom stereocenters. The Kier molecular flexibility index (Phi) is 4.15. The van der Waals surface area contributed by atoms with E-state index in [0.29, 0.717) is 5.95 Å². The van der Waals surface area contributed by atoms with E-state index in [4.69, 9.17) is 0 Å². The second kappa shape index (κ2) is 5.83. The summed E-state index contributed by atoms with van der Waals surface area (Å²) in [5.41, 5.74) is 5.90. The van der Waals surface area contributed by atoms with Gasteiger partial charge in [-0.2, -0.15) is 0 Å². The van der Waals surface area contributed by atoms with Crippen LogP contribution in [0.4, 0.5) is 5.95 Å². The monoisotopic (exact) mass is 255 g/mol. The SMILES string of the molecule is CCCNc1ncc(C)c(-c2cccc(C)c2C)n1. The third-order valence-electron chi connectivity index (χ3n) is 3.36. The van der Waals surface area contributed by atoms with E-state index in [-0.39, 0.29) is 0 Å². The Hall–Kier alpha value is -1.90. The van der Waals surface area contributed by atoms with Gasteiger partial charge in [-0.25, -0.2) is 9.97 Å². The van der Waals surface area contributed by atoms with Crippen LogP contribution in [0.15, 0.2) is 24.4 Å². The molecule has 1 aromatic heterocycles. The first kappa shape index (κ1) is 13.5. The fourth-order valence-corrected chi connectivity index (χ4v) is 2.04. The summed E-state index contributed by atoms with van der Waals surface area (Å²) in [6.07, 6.45) is 2.96. The Morgan fingerprint density at radius 1 is 1.11 bits per heavy atom. The fraction of sp³-hybridized carbons (Fsp3) is 0.375. The molecule has 0 amide bonds. The van der Waals surface area contributed by atoms with Crippen molar-refractivity contribution >= 4 is 5.95 Å². The first-order valence-corrected chi connectivity index (χ1v) is 6.77. The normalized spacial score (nSPS) is 10.5. The van der Waals surface area contributed by atoms with Crippen molar-refractivity contribution in [3.8, 4) is 11.3 Å². The number of aromatic nitrogens is 2. The number of aryl methyl sites for hydroxylation is 2. The minimum Gasteiger partial charge on any atom is -0.354 e. The highest BCUT2D eigenvalue weighted by molar-refractivity contribution is 5.68. The van der Waals surface area contributed by atoms with E-state index in [9.17, 15) is 0 Å². The molecule has 0 radical (unpaired) electrons. The van der Waals surface area contributed by atoms with E-state index in [0.717, 1.165) is 24.2 Å². The third kappa shape index (κ3) is 2.92. The molecular weight excluding hydrogens is 234 g/mol. The molecule has 0 aliphatic carbocycles. The minimum atomic E-state index is 0.711. The zero-order valence-corrected chi connectivity index (χ0v) is 12.1. The lowest BCUT2D eigenvalue weighted by Gasteiger charge is -2.12. The van der Waals surface area contributed by atoms with Crippen molar-refractivity contribution in [2.45, 2.75) is 34.1 Å². The molecule has 1 aromatic carbocycles. The highest BCUT2D eigenvalue weighted by atomic mass is 15.1. The quantitative estimate of drug-likeness (QED) is 0.900. The van der Waals surface area contributed by atoms with Gasteiger partial charge in [0.2, 0.25) is 5.95 Å². The predicted octanol–water partition coefficient (Wildman–Crippen LogP) is 3.89. The first-order valence-electron chi connectivity index (χ1n) is 6.77. The summed E-state index contributed by atoms with van der Waals surface area (Å²) in [7, 11) is 0. The Balaban J connectivity index is 2.45. The molecule has 19 heavy (non-hydrogen) atoms. The van der Waals surface area contributed by atoms with Gasteiger partial charge in [0, 0.05) is 18.3 Å². The van der Waals surface area contributed by atoms with Gasteiger partial charge in [-0.05, 0) is 43.9 Å². The van der Waals surface area contributed by atoms with Gasteiger partial charge >= 0.3 is 0 Å². The lowest BCUT2D eigenvalue weighted by atomic mass is 9.99. The van der Waals surface area contributed by atoms with Gasteiger partial charge in [0.25, 0.3) is 0 Å². The summed E-state index contributed by atoms with van der Waals surface area (Å²) >= 11 is 0. The largest absolute Gasteiger partial charge is 0.354 e. The Morgan fingerprint density at radius 2 is 1.89 bits per heavy atom. The van der Waals surface area contributed by atoms with Gasteiger partial charge < -0.3 is 5.32 Å². The number of benzene rings is 1. The number of nitrogens with one attached hydrogen (secondary N) is 1. The van der Waals surface area contributed by atoms with Crippen molar-refractivity contribution < 1.29 is 0 Å². The van der Waals surface area contributed by atoms with Crippen LogP contribution in [0.3, 0.4) is 0 Å². The van der Waals surface area contributed by atoms with Gasteiger partial charge in [0.05, 0.1) is 5.69 Å². The summed E-state index contributed by atoms with van der Waals surface area (Å²) in [5, 5.41) is 3.24. The molecule has 2 rings (SSSR count). The van der Waals surface area contributed by atoms with Crippen molar-refractivity contribution in [1.29, 1.82) is 0 Å². The molecule has 100 valence electrons. The van der Waals surface area contributed by atoms with Crippen LogP contribution in [0.25, 0.3) is 11.3 Å². The van der Waals surface area contributed by atoms with E-state index in [1.165, 1.54) is 16.7 Å². The second-order valence-electron chi connectivity index (χ2n) is 4.90. The molecule has 0 unspecified atom stereocenters. The maximum atomic E-state index is 4.66. The molecule has 0 saturated carbocycles. The van der Waals surface area contributed by atoms with Crippen molar-refractivity contribution in [3.05, 3.63) is 41.1 Å². The molecule has 1 heterocycles. The second-order valence-corrected chi connectivity index (χ2v) is 4.90. The number of anilines is 1. The number of nitrogens with zero attached hydrogens (tertiary/aromatic N) is 2. The molecule has 2 aromatic rings. The van der Waals surface area contributed by atoms with E-state index in [1.807, 2.05) is 6.20 Å². The average molecular weight is 255 g/mol. The van der Waals surface area contributed by atoms with E-state index in [1.54, 1.807) is 0 Å². The number of hydrogen-bond acceptors (Lipinski definition) is 3. The van der Waals surface area contributed by atoms with Gasteiger partial charge in [-0.3, -0.25) is 0 Å².